The Balaban J connectivity index is 2.31. The number of likely N-dealkylation sites (tertiary alicyclic amines) is 1. The molecule has 1 fully saturated rings. The van der Waals surface area contributed by atoms with Gasteiger partial charge in [0.1, 0.15) is 5.82 Å². The van der Waals surface area contributed by atoms with E-state index in [0.717, 1.165) is 6.07 Å². The van der Waals surface area contributed by atoms with Gasteiger partial charge in [-0.2, -0.15) is 13.2 Å². The van der Waals surface area contributed by atoms with Crippen molar-refractivity contribution in [2.75, 3.05) is 13.1 Å². The van der Waals surface area contributed by atoms with Crippen molar-refractivity contribution in [2.45, 2.75) is 6.18 Å². The number of carboxylic acids is 1. The summed E-state index contributed by atoms with van der Waals surface area (Å²) < 4.78 is 52.1. The molecule has 1 aliphatic heterocycles. The molecule has 0 aromatic heterocycles. The van der Waals surface area contributed by atoms with E-state index in [4.69, 9.17) is 28.3 Å². The minimum atomic E-state index is -4.77. The molecule has 1 heterocycles. The van der Waals surface area contributed by atoms with Crippen LogP contribution in [0.4, 0.5) is 17.6 Å². The molecule has 2 atom stereocenters. The monoisotopic (exact) mass is 373 g/mol. The van der Waals surface area contributed by atoms with Crippen molar-refractivity contribution in [1.29, 1.82) is 0 Å². The van der Waals surface area contributed by atoms with Crippen LogP contribution in [-0.2, 0) is 4.79 Å². The summed E-state index contributed by atoms with van der Waals surface area (Å²) in [6.45, 7) is -1.47. The standard InChI is InChI=1S/C13H9Cl2F4NO3/c14-8-2-9(15)10(16)1-5(8)11(21)20-3-6(12(22)23)7(4-20)13(17,18)19/h1-2,6-7H,3-4H2,(H,22,23)/t6-,7-/m1/s1. The second-order valence-electron chi connectivity index (χ2n) is 5.05. The quantitative estimate of drug-likeness (QED) is 0.637. The molecule has 1 amide bonds. The van der Waals surface area contributed by atoms with E-state index < -0.39 is 48.8 Å². The fourth-order valence-corrected chi connectivity index (χ4v) is 2.87. The third-order valence-corrected chi connectivity index (χ3v) is 4.19. The van der Waals surface area contributed by atoms with Gasteiger partial charge in [-0.05, 0) is 12.1 Å². The van der Waals surface area contributed by atoms with Gasteiger partial charge in [-0.25, -0.2) is 4.39 Å². The lowest BCUT2D eigenvalue weighted by atomic mass is 9.96. The van der Waals surface area contributed by atoms with Gasteiger partial charge in [0, 0.05) is 13.1 Å². The summed E-state index contributed by atoms with van der Waals surface area (Å²) >= 11 is 11.3. The normalized spacial score (nSPS) is 21.6. The van der Waals surface area contributed by atoms with Crippen molar-refractivity contribution < 1.29 is 32.3 Å². The molecule has 0 radical (unpaired) electrons. The number of rotatable bonds is 2. The fraction of sp³-hybridized carbons (Fsp3) is 0.385. The Morgan fingerprint density at radius 1 is 1.17 bits per heavy atom. The van der Waals surface area contributed by atoms with Crippen LogP contribution < -0.4 is 0 Å². The van der Waals surface area contributed by atoms with Crippen molar-refractivity contribution in [3.63, 3.8) is 0 Å². The Morgan fingerprint density at radius 3 is 2.26 bits per heavy atom. The largest absolute Gasteiger partial charge is 0.481 e. The Kier molecular flexibility index (Phi) is 4.77. The Labute approximate surface area is 137 Å². The number of aliphatic carboxylic acids is 1. The molecule has 0 saturated carbocycles. The van der Waals surface area contributed by atoms with E-state index in [1.54, 1.807) is 0 Å². The van der Waals surface area contributed by atoms with Gasteiger partial charge in [-0.3, -0.25) is 9.59 Å². The number of carboxylic acid groups (broad SMARTS) is 1. The highest BCUT2D eigenvalue weighted by Gasteiger charge is 2.53. The minimum absolute atomic E-state index is 0.233. The summed E-state index contributed by atoms with van der Waals surface area (Å²) in [6, 6.07) is 1.67. The number of carbonyl (C=O) groups is 2. The molecule has 4 nitrogen and oxygen atoms in total. The van der Waals surface area contributed by atoms with Gasteiger partial charge in [0.2, 0.25) is 0 Å². The summed E-state index contributed by atoms with van der Waals surface area (Å²) in [5, 5.41) is 8.34. The third kappa shape index (κ3) is 3.53. The number of nitrogens with zero attached hydrogens (tertiary/aromatic N) is 1. The smallest absolute Gasteiger partial charge is 0.394 e. The first-order valence-corrected chi connectivity index (χ1v) is 7.01. The molecular formula is C13H9Cl2F4NO3. The highest BCUT2D eigenvalue weighted by atomic mass is 35.5. The predicted octanol–water partition coefficient (Wildman–Crippen LogP) is 3.47. The van der Waals surface area contributed by atoms with Gasteiger partial charge in [0.05, 0.1) is 27.4 Å². The summed E-state index contributed by atoms with van der Waals surface area (Å²) in [7, 11) is 0. The summed E-state index contributed by atoms with van der Waals surface area (Å²) in [4.78, 5) is 23.9. The zero-order valence-corrected chi connectivity index (χ0v) is 12.7. The van der Waals surface area contributed by atoms with E-state index >= 15 is 0 Å². The molecule has 0 aliphatic carbocycles. The van der Waals surface area contributed by atoms with Crippen LogP contribution in [0.25, 0.3) is 0 Å². The molecule has 2 rings (SSSR count). The van der Waals surface area contributed by atoms with E-state index in [1.807, 2.05) is 0 Å². The molecule has 1 N–H and O–H groups in total. The maximum absolute atomic E-state index is 13.4. The summed E-state index contributed by atoms with van der Waals surface area (Å²) in [5.74, 6) is -7.57. The van der Waals surface area contributed by atoms with Gasteiger partial charge >= 0.3 is 12.1 Å². The second-order valence-corrected chi connectivity index (χ2v) is 5.86. The van der Waals surface area contributed by atoms with Crippen LogP contribution in [0.1, 0.15) is 10.4 Å². The van der Waals surface area contributed by atoms with E-state index in [2.05, 4.69) is 0 Å². The van der Waals surface area contributed by atoms with Crippen molar-refractivity contribution >= 4 is 35.1 Å². The van der Waals surface area contributed by atoms with Crippen LogP contribution in [0.15, 0.2) is 12.1 Å². The number of hydrogen-bond acceptors (Lipinski definition) is 2. The number of benzene rings is 1. The van der Waals surface area contributed by atoms with Gasteiger partial charge in [0.15, 0.2) is 0 Å². The topological polar surface area (TPSA) is 57.6 Å². The van der Waals surface area contributed by atoms with E-state index in [9.17, 15) is 27.2 Å². The predicted molar refractivity (Wildman–Crippen MR) is 73.0 cm³/mol. The molecule has 1 aromatic rings. The highest BCUT2D eigenvalue weighted by molar-refractivity contribution is 6.36. The molecule has 1 aliphatic rings. The first-order chi connectivity index (χ1) is 10.5. The fourth-order valence-electron chi connectivity index (χ4n) is 2.41. The molecule has 23 heavy (non-hydrogen) atoms. The van der Waals surface area contributed by atoms with Gasteiger partial charge < -0.3 is 10.0 Å². The molecule has 1 saturated heterocycles. The van der Waals surface area contributed by atoms with E-state index in [1.165, 1.54) is 0 Å². The number of hydrogen-bond donors (Lipinski definition) is 1. The Morgan fingerprint density at radius 2 is 1.78 bits per heavy atom. The molecule has 1 aromatic carbocycles. The van der Waals surface area contributed by atoms with Crippen LogP contribution in [0.2, 0.25) is 10.0 Å². The van der Waals surface area contributed by atoms with Gasteiger partial charge in [0.25, 0.3) is 5.91 Å². The lowest BCUT2D eigenvalue weighted by Gasteiger charge is -2.19. The van der Waals surface area contributed by atoms with Gasteiger partial charge in [-0.1, -0.05) is 23.2 Å². The van der Waals surface area contributed by atoms with Crippen molar-refractivity contribution in [3.05, 3.63) is 33.6 Å². The Bertz CT molecular complexity index is 665. The summed E-state index contributed by atoms with van der Waals surface area (Å²) in [5.41, 5.74) is -0.375. The number of amides is 1. The number of alkyl halides is 3. The molecule has 0 unspecified atom stereocenters. The zero-order chi connectivity index (χ0) is 17.5. The van der Waals surface area contributed by atoms with E-state index in [0.29, 0.717) is 11.0 Å². The van der Waals surface area contributed by atoms with E-state index in [-0.39, 0.29) is 15.6 Å². The van der Waals surface area contributed by atoms with Crippen LogP contribution >= 0.6 is 23.2 Å². The van der Waals surface area contributed by atoms with Crippen molar-refractivity contribution in [3.8, 4) is 0 Å². The van der Waals surface area contributed by atoms with Crippen molar-refractivity contribution in [2.24, 2.45) is 11.8 Å². The van der Waals surface area contributed by atoms with Gasteiger partial charge in [-0.15, -0.1) is 0 Å². The van der Waals surface area contributed by atoms with Crippen molar-refractivity contribution in [1.82, 2.24) is 4.90 Å². The van der Waals surface area contributed by atoms with Crippen LogP contribution in [0.5, 0.6) is 0 Å². The van der Waals surface area contributed by atoms with Crippen LogP contribution in [0.3, 0.4) is 0 Å². The lowest BCUT2D eigenvalue weighted by molar-refractivity contribution is -0.187. The maximum Gasteiger partial charge on any atom is 0.394 e. The second kappa shape index (κ2) is 6.16. The third-order valence-electron chi connectivity index (χ3n) is 3.59. The Hall–Kier alpha value is -1.54. The average molecular weight is 374 g/mol. The first kappa shape index (κ1) is 17.8. The molecule has 126 valence electrons. The zero-order valence-electron chi connectivity index (χ0n) is 11.2. The summed E-state index contributed by atoms with van der Waals surface area (Å²) in [6.07, 6.45) is -4.77. The van der Waals surface area contributed by atoms with Crippen LogP contribution in [-0.4, -0.2) is 41.1 Å². The average Bonchev–Trinajstić information content (AvgIpc) is 2.87. The van der Waals surface area contributed by atoms with Crippen LogP contribution in [0, 0.1) is 17.7 Å². The first-order valence-electron chi connectivity index (χ1n) is 6.25. The molecular weight excluding hydrogens is 365 g/mol. The molecule has 10 heteroatoms. The number of carbonyl (C=O) groups excluding carboxylic acids is 1. The maximum atomic E-state index is 13.4. The SMILES string of the molecule is O=C(O)[C@@H]1CN(C(=O)c2cc(F)c(Cl)cc2Cl)C[C@H]1C(F)(F)F. The molecule has 0 spiro atoms. The molecule has 0 bridgehead atoms. The lowest BCUT2D eigenvalue weighted by Crippen LogP contribution is -2.34. The minimum Gasteiger partial charge on any atom is -0.481 e. The highest BCUT2D eigenvalue weighted by Crippen LogP contribution is 2.38. The number of halogens is 6.